The van der Waals surface area contributed by atoms with Crippen molar-refractivity contribution in [2.45, 2.75) is 321 Å². The number of unbranched alkanes of at least 4 members (excludes halogenated alkanes) is 38. The zero-order chi connectivity index (χ0) is 46.5. The second-order valence-corrected chi connectivity index (χ2v) is 19.6. The van der Waals surface area contributed by atoms with E-state index in [4.69, 9.17) is 4.74 Å². The van der Waals surface area contributed by atoms with Crippen LogP contribution in [0.15, 0.2) is 24.3 Å². The lowest BCUT2D eigenvalue weighted by molar-refractivity contribution is -0.143. The minimum atomic E-state index is -0.671. The van der Waals surface area contributed by atoms with Gasteiger partial charge in [0.05, 0.1) is 25.4 Å². The summed E-state index contributed by atoms with van der Waals surface area (Å²) in [5.74, 6) is -0.0519. The summed E-state index contributed by atoms with van der Waals surface area (Å²) in [5, 5.41) is 23.2. The second-order valence-electron chi connectivity index (χ2n) is 19.6. The Morgan fingerprint density at radius 2 is 0.734 bits per heavy atom. The van der Waals surface area contributed by atoms with Gasteiger partial charge in [-0.2, -0.15) is 0 Å². The number of hydrogen-bond acceptors (Lipinski definition) is 5. The van der Waals surface area contributed by atoms with Gasteiger partial charge in [-0.25, -0.2) is 0 Å². The molecule has 0 saturated heterocycles. The SMILES string of the molecule is CCCCCCCCC/C=C\CCCCCCCCCC(=O)OCCCCCCCC/C=C\CCCCCCCCCC(=O)NC(CO)C(O)CCCCCCCCCCCCCC. The summed E-state index contributed by atoms with van der Waals surface area (Å²) in [5.41, 5.74) is 0. The number of allylic oxidation sites excluding steroid dienone is 4. The predicted molar refractivity (Wildman–Crippen MR) is 278 cm³/mol. The Bertz CT molecular complexity index is 997. The van der Waals surface area contributed by atoms with E-state index in [1.807, 2.05) is 0 Å². The van der Waals surface area contributed by atoms with Gasteiger partial charge < -0.3 is 20.3 Å². The van der Waals surface area contributed by atoms with Gasteiger partial charge in [-0.1, -0.05) is 244 Å². The number of amides is 1. The fourth-order valence-corrected chi connectivity index (χ4v) is 8.81. The van der Waals surface area contributed by atoms with E-state index in [-0.39, 0.29) is 18.5 Å². The van der Waals surface area contributed by atoms with Crippen LogP contribution < -0.4 is 5.32 Å². The highest BCUT2D eigenvalue weighted by atomic mass is 16.5. The van der Waals surface area contributed by atoms with E-state index < -0.39 is 12.1 Å². The highest BCUT2D eigenvalue weighted by Gasteiger charge is 2.20. The van der Waals surface area contributed by atoms with Gasteiger partial charge in [0.15, 0.2) is 0 Å². The first-order valence-corrected chi connectivity index (χ1v) is 28.6. The third-order valence-electron chi connectivity index (χ3n) is 13.2. The van der Waals surface area contributed by atoms with Crippen molar-refractivity contribution in [1.82, 2.24) is 5.32 Å². The average Bonchev–Trinajstić information content (AvgIpc) is 3.29. The molecule has 6 nitrogen and oxygen atoms in total. The fraction of sp³-hybridized carbons (Fsp3) is 0.897. The molecule has 3 N–H and O–H groups in total. The fourth-order valence-electron chi connectivity index (χ4n) is 8.81. The molecule has 64 heavy (non-hydrogen) atoms. The van der Waals surface area contributed by atoms with Crippen LogP contribution in [0.2, 0.25) is 0 Å². The van der Waals surface area contributed by atoms with E-state index >= 15 is 0 Å². The van der Waals surface area contributed by atoms with E-state index in [1.54, 1.807) is 0 Å². The van der Waals surface area contributed by atoms with Crippen LogP contribution in [0.4, 0.5) is 0 Å². The third kappa shape index (κ3) is 49.8. The quantitative estimate of drug-likeness (QED) is 0.0321. The van der Waals surface area contributed by atoms with Gasteiger partial charge in [0.2, 0.25) is 5.91 Å². The normalized spacial score (nSPS) is 12.8. The maximum absolute atomic E-state index is 12.4. The van der Waals surface area contributed by atoms with Crippen LogP contribution in [0.25, 0.3) is 0 Å². The lowest BCUT2D eigenvalue weighted by Gasteiger charge is -2.22. The highest BCUT2D eigenvalue weighted by Crippen LogP contribution is 2.16. The lowest BCUT2D eigenvalue weighted by atomic mass is 10.0. The Hall–Kier alpha value is -1.66. The molecular formula is C58H111NO5. The Balaban J connectivity index is 3.43. The molecule has 0 bridgehead atoms. The summed E-state index contributed by atoms with van der Waals surface area (Å²) in [7, 11) is 0. The van der Waals surface area contributed by atoms with E-state index in [2.05, 4.69) is 43.5 Å². The van der Waals surface area contributed by atoms with Crippen LogP contribution in [0.5, 0.6) is 0 Å². The summed E-state index contributed by atoms with van der Waals surface area (Å²) in [4.78, 5) is 24.5. The molecule has 2 atom stereocenters. The standard InChI is InChI=1S/C58H111NO5/c1-3-5-7-9-11-13-15-17-18-19-22-25-28-32-36-40-44-48-52-58(63)64-53-49-45-41-37-33-29-26-23-20-21-24-27-31-35-39-43-47-51-57(62)59-55(54-60)56(61)50-46-42-38-34-30-16-14-12-10-8-6-4-2/h18-20,23,55-56,60-61H,3-17,21-22,24-54H2,1-2H3,(H,59,62)/b19-18-,23-20-. The monoisotopic (exact) mass is 902 g/mol. The lowest BCUT2D eigenvalue weighted by Crippen LogP contribution is -2.45. The van der Waals surface area contributed by atoms with Gasteiger partial charge in [-0.15, -0.1) is 0 Å². The van der Waals surface area contributed by atoms with E-state index in [0.29, 0.717) is 25.9 Å². The molecule has 0 aliphatic carbocycles. The summed E-state index contributed by atoms with van der Waals surface area (Å²) in [6, 6.07) is -0.549. The number of aliphatic hydroxyl groups is 2. The smallest absolute Gasteiger partial charge is 0.305 e. The maximum atomic E-state index is 12.4. The first-order valence-electron chi connectivity index (χ1n) is 28.6. The molecule has 0 aromatic heterocycles. The number of carbonyl (C=O) groups is 2. The molecule has 0 aliphatic rings. The molecule has 6 heteroatoms. The van der Waals surface area contributed by atoms with Crippen molar-refractivity contribution in [3.05, 3.63) is 24.3 Å². The molecule has 0 aromatic carbocycles. The highest BCUT2D eigenvalue weighted by molar-refractivity contribution is 5.76. The predicted octanol–water partition coefficient (Wildman–Crippen LogP) is 17.5. The third-order valence-corrected chi connectivity index (χ3v) is 13.2. The van der Waals surface area contributed by atoms with Gasteiger partial charge in [0.25, 0.3) is 0 Å². The average molecular weight is 903 g/mol. The van der Waals surface area contributed by atoms with E-state index in [1.165, 1.54) is 218 Å². The summed E-state index contributed by atoms with van der Waals surface area (Å²) in [6.07, 6.45) is 64.5. The van der Waals surface area contributed by atoms with E-state index in [0.717, 1.165) is 57.8 Å². The first-order chi connectivity index (χ1) is 31.5. The van der Waals surface area contributed by atoms with Crippen LogP contribution in [-0.2, 0) is 14.3 Å². The Labute approximate surface area is 399 Å². The number of hydrogen-bond donors (Lipinski definition) is 3. The molecule has 0 aromatic rings. The number of aliphatic hydroxyl groups excluding tert-OH is 2. The molecule has 1 amide bonds. The summed E-state index contributed by atoms with van der Waals surface area (Å²) < 4.78 is 5.48. The molecular weight excluding hydrogens is 791 g/mol. The van der Waals surface area contributed by atoms with Crippen molar-refractivity contribution >= 4 is 11.9 Å². The topological polar surface area (TPSA) is 95.9 Å². The van der Waals surface area contributed by atoms with Gasteiger partial charge >= 0.3 is 5.97 Å². The molecule has 2 unspecified atom stereocenters. The first kappa shape index (κ1) is 62.3. The van der Waals surface area contributed by atoms with Crippen molar-refractivity contribution in [2.24, 2.45) is 0 Å². The molecule has 0 saturated carbocycles. The van der Waals surface area contributed by atoms with Crippen molar-refractivity contribution in [3.63, 3.8) is 0 Å². The number of esters is 1. The largest absolute Gasteiger partial charge is 0.466 e. The minimum absolute atomic E-state index is 0.00464. The van der Waals surface area contributed by atoms with Gasteiger partial charge in [-0.3, -0.25) is 9.59 Å². The molecule has 378 valence electrons. The summed E-state index contributed by atoms with van der Waals surface area (Å²) >= 11 is 0. The zero-order valence-corrected chi connectivity index (χ0v) is 43.0. The number of rotatable bonds is 53. The zero-order valence-electron chi connectivity index (χ0n) is 43.0. The molecule has 0 rings (SSSR count). The number of carbonyl (C=O) groups excluding carboxylic acids is 2. The second kappa shape index (κ2) is 54.0. The van der Waals surface area contributed by atoms with Crippen LogP contribution in [0.1, 0.15) is 309 Å². The van der Waals surface area contributed by atoms with Crippen molar-refractivity contribution in [2.75, 3.05) is 13.2 Å². The van der Waals surface area contributed by atoms with Crippen LogP contribution in [0.3, 0.4) is 0 Å². The maximum Gasteiger partial charge on any atom is 0.305 e. The van der Waals surface area contributed by atoms with Gasteiger partial charge in [-0.05, 0) is 77.0 Å². The van der Waals surface area contributed by atoms with Gasteiger partial charge in [0, 0.05) is 12.8 Å². The molecule has 0 spiro atoms. The number of ether oxygens (including phenoxy) is 1. The summed E-state index contributed by atoms with van der Waals surface area (Å²) in [6.45, 7) is 4.93. The molecule has 0 aliphatic heterocycles. The van der Waals surface area contributed by atoms with Crippen molar-refractivity contribution in [3.8, 4) is 0 Å². The molecule has 0 radical (unpaired) electrons. The Kier molecular flexibility index (Phi) is 52.6. The van der Waals surface area contributed by atoms with Crippen molar-refractivity contribution < 1.29 is 24.5 Å². The molecule has 0 heterocycles. The van der Waals surface area contributed by atoms with Crippen LogP contribution in [0, 0.1) is 0 Å². The minimum Gasteiger partial charge on any atom is -0.466 e. The Morgan fingerprint density at radius 1 is 0.422 bits per heavy atom. The number of nitrogens with one attached hydrogen (secondary N) is 1. The Morgan fingerprint density at radius 3 is 1.11 bits per heavy atom. The van der Waals surface area contributed by atoms with Crippen LogP contribution in [-0.4, -0.2) is 47.4 Å². The van der Waals surface area contributed by atoms with Crippen LogP contribution >= 0.6 is 0 Å². The van der Waals surface area contributed by atoms with Gasteiger partial charge in [0.1, 0.15) is 0 Å². The molecule has 0 fully saturated rings. The van der Waals surface area contributed by atoms with Crippen molar-refractivity contribution in [1.29, 1.82) is 0 Å². The van der Waals surface area contributed by atoms with E-state index in [9.17, 15) is 19.8 Å².